The molecule has 138 valence electrons. The van der Waals surface area contributed by atoms with Crippen molar-refractivity contribution in [2.75, 3.05) is 23.5 Å². The Labute approximate surface area is 166 Å². The van der Waals surface area contributed by atoms with Gasteiger partial charge in [-0.1, -0.05) is 35.3 Å². The lowest BCUT2D eigenvalue weighted by atomic mass is 10.3. The van der Waals surface area contributed by atoms with Gasteiger partial charge in [-0.2, -0.15) is 0 Å². The second-order valence-corrected chi connectivity index (χ2v) is 7.49. The van der Waals surface area contributed by atoms with Gasteiger partial charge in [-0.3, -0.25) is 9.59 Å². The first-order valence-electron chi connectivity index (χ1n) is 7.71. The van der Waals surface area contributed by atoms with Crippen LogP contribution in [0.4, 0.5) is 11.4 Å². The first-order chi connectivity index (χ1) is 12.4. The Morgan fingerprint density at radius 2 is 1.85 bits per heavy atom. The standard InChI is InChI=1S/C18H18Cl2N2O3S/c1-11(18(24)22-15-9-12(19)7-8-13(15)20)26-10-17(23)21-14-5-3-4-6-16(14)25-2/h3-9,11H,10H2,1-2H3,(H,21,23)(H,22,24)/t11-/m0/s1. The van der Waals surface area contributed by atoms with Crippen LogP contribution in [0, 0.1) is 0 Å². The number of carbonyl (C=O) groups is 2. The maximum absolute atomic E-state index is 12.3. The number of hydrogen-bond acceptors (Lipinski definition) is 4. The van der Waals surface area contributed by atoms with E-state index in [0.717, 1.165) is 0 Å². The van der Waals surface area contributed by atoms with Crippen LogP contribution in [0.2, 0.25) is 10.0 Å². The number of nitrogens with one attached hydrogen (secondary N) is 2. The Morgan fingerprint density at radius 1 is 1.12 bits per heavy atom. The Kier molecular flexibility index (Phi) is 7.63. The Bertz CT molecular complexity index is 802. The number of hydrogen-bond donors (Lipinski definition) is 2. The summed E-state index contributed by atoms with van der Waals surface area (Å²) in [6.07, 6.45) is 0. The molecule has 0 aromatic heterocycles. The van der Waals surface area contributed by atoms with E-state index >= 15 is 0 Å². The molecule has 0 unspecified atom stereocenters. The molecule has 0 saturated carbocycles. The maximum Gasteiger partial charge on any atom is 0.237 e. The number of methoxy groups -OCH3 is 1. The Hall–Kier alpha value is -1.89. The predicted molar refractivity (Wildman–Crippen MR) is 109 cm³/mol. The van der Waals surface area contributed by atoms with Crippen molar-refractivity contribution in [3.63, 3.8) is 0 Å². The molecule has 8 heteroatoms. The molecule has 2 N–H and O–H groups in total. The van der Waals surface area contributed by atoms with E-state index in [0.29, 0.717) is 27.2 Å². The largest absolute Gasteiger partial charge is 0.495 e. The number of halogens is 2. The van der Waals surface area contributed by atoms with Crippen LogP contribution in [-0.4, -0.2) is 29.9 Å². The smallest absolute Gasteiger partial charge is 0.237 e. The SMILES string of the molecule is COc1ccccc1NC(=O)CS[C@@H](C)C(=O)Nc1cc(Cl)ccc1Cl. The molecule has 5 nitrogen and oxygen atoms in total. The summed E-state index contributed by atoms with van der Waals surface area (Å²) in [5.41, 5.74) is 1.03. The van der Waals surface area contributed by atoms with E-state index in [2.05, 4.69) is 10.6 Å². The molecule has 0 saturated heterocycles. The van der Waals surface area contributed by atoms with Crippen molar-refractivity contribution >= 4 is 58.2 Å². The van der Waals surface area contributed by atoms with E-state index in [-0.39, 0.29) is 17.6 Å². The van der Waals surface area contributed by atoms with Crippen molar-refractivity contribution in [2.24, 2.45) is 0 Å². The highest BCUT2D eigenvalue weighted by molar-refractivity contribution is 8.01. The Balaban J connectivity index is 1.87. The number of benzene rings is 2. The van der Waals surface area contributed by atoms with E-state index in [1.807, 2.05) is 6.07 Å². The van der Waals surface area contributed by atoms with Crippen molar-refractivity contribution in [3.8, 4) is 5.75 Å². The lowest BCUT2D eigenvalue weighted by Crippen LogP contribution is -2.25. The summed E-state index contributed by atoms with van der Waals surface area (Å²) in [6, 6.07) is 11.9. The Morgan fingerprint density at radius 3 is 2.58 bits per heavy atom. The predicted octanol–water partition coefficient (Wildman–Crippen LogP) is 4.70. The van der Waals surface area contributed by atoms with Crippen LogP contribution < -0.4 is 15.4 Å². The highest BCUT2D eigenvalue weighted by Gasteiger charge is 2.17. The molecule has 0 aliphatic carbocycles. The lowest BCUT2D eigenvalue weighted by Gasteiger charge is -2.14. The molecule has 0 fully saturated rings. The summed E-state index contributed by atoms with van der Waals surface area (Å²) in [4.78, 5) is 24.4. The zero-order chi connectivity index (χ0) is 19.1. The fourth-order valence-electron chi connectivity index (χ4n) is 2.04. The molecular weight excluding hydrogens is 395 g/mol. The highest BCUT2D eigenvalue weighted by atomic mass is 35.5. The van der Waals surface area contributed by atoms with E-state index < -0.39 is 5.25 Å². The van der Waals surface area contributed by atoms with Crippen molar-refractivity contribution in [1.82, 2.24) is 0 Å². The number of amides is 2. The van der Waals surface area contributed by atoms with Gasteiger partial charge in [-0.05, 0) is 37.3 Å². The zero-order valence-electron chi connectivity index (χ0n) is 14.2. The van der Waals surface area contributed by atoms with E-state index in [9.17, 15) is 9.59 Å². The quantitative estimate of drug-likeness (QED) is 0.691. The zero-order valence-corrected chi connectivity index (χ0v) is 16.5. The van der Waals surface area contributed by atoms with Crippen LogP contribution in [-0.2, 0) is 9.59 Å². The van der Waals surface area contributed by atoms with Gasteiger partial charge in [0, 0.05) is 5.02 Å². The van der Waals surface area contributed by atoms with Gasteiger partial charge in [-0.15, -0.1) is 11.8 Å². The summed E-state index contributed by atoms with van der Waals surface area (Å²) < 4.78 is 5.19. The number of anilines is 2. The average molecular weight is 413 g/mol. The first kappa shape index (κ1) is 20.4. The molecule has 0 radical (unpaired) electrons. The number of thioether (sulfide) groups is 1. The highest BCUT2D eigenvalue weighted by Crippen LogP contribution is 2.27. The fourth-order valence-corrected chi connectivity index (χ4v) is 3.06. The number of ether oxygens (including phenoxy) is 1. The van der Waals surface area contributed by atoms with Crippen LogP contribution in [0.5, 0.6) is 5.75 Å². The molecule has 0 bridgehead atoms. The van der Waals surface area contributed by atoms with Crippen LogP contribution in [0.1, 0.15) is 6.92 Å². The van der Waals surface area contributed by atoms with Gasteiger partial charge in [0.25, 0.3) is 0 Å². The second kappa shape index (κ2) is 9.71. The van der Waals surface area contributed by atoms with Crippen molar-refractivity contribution in [2.45, 2.75) is 12.2 Å². The minimum absolute atomic E-state index is 0.121. The van der Waals surface area contributed by atoms with E-state index in [1.54, 1.807) is 43.3 Å². The molecule has 0 aliphatic heterocycles. The summed E-state index contributed by atoms with van der Waals surface area (Å²) in [5.74, 6) is 0.215. The topological polar surface area (TPSA) is 67.4 Å². The number of carbonyl (C=O) groups excluding carboxylic acids is 2. The van der Waals surface area contributed by atoms with Crippen molar-refractivity contribution in [1.29, 1.82) is 0 Å². The fraction of sp³-hybridized carbons (Fsp3) is 0.222. The summed E-state index contributed by atoms with van der Waals surface area (Å²) >= 11 is 13.2. The van der Waals surface area contributed by atoms with Crippen LogP contribution in [0.3, 0.4) is 0 Å². The summed E-state index contributed by atoms with van der Waals surface area (Å²) in [6.45, 7) is 1.72. The van der Waals surface area contributed by atoms with Gasteiger partial charge in [0.05, 0.1) is 34.5 Å². The molecular formula is C18H18Cl2N2O3S. The average Bonchev–Trinajstić information content (AvgIpc) is 2.63. The third-order valence-electron chi connectivity index (χ3n) is 3.40. The minimum atomic E-state index is -0.450. The minimum Gasteiger partial charge on any atom is -0.495 e. The van der Waals surface area contributed by atoms with E-state index in [1.165, 1.54) is 18.9 Å². The third-order valence-corrected chi connectivity index (χ3v) is 5.11. The third kappa shape index (κ3) is 5.83. The second-order valence-electron chi connectivity index (χ2n) is 5.32. The molecule has 1 atom stereocenters. The molecule has 2 amide bonds. The molecule has 0 aliphatic rings. The molecule has 0 heterocycles. The maximum atomic E-state index is 12.3. The molecule has 2 aromatic rings. The van der Waals surface area contributed by atoms with Gasteiger partial charge in [-0.25, -0.2) is 0 Å². The number of para-hydroxylation sites is 2. The van der Waals surface area contributed by atoms with Gasteiger partial charge in [0.2, 0.25) is 11.8 Å². The lowest BCUT2D eigenvalue weighted by molar-refractivity contribution is -0.115. The van der Waals surface area contributed by atoms with E-state index in [4.69, 9.17) is 27.9 Å². The van der Waals surface area contributed by atoms with Gasteiger partial charge in [0.15, 0.2) is 0 Å². The molecule has 2 aromatic carbocycles. The first-order valence-corrected chi connectivity index (χ1v) is 9.51. The van der Waals surface area contributed by atoms with Crippen molar-refractivity contribution < 1.29 is 14.3 Å². The van der Waals surface area contributed by atoms with Crippen molar-refractivity contribution in [3.05, 3.63) is 52.5 Å². The molecule has 2 rings (SSSR count). The monoisotopic (exact) mass is 412 g/mol. The van der Waals surface area contributed by atoms with Gasteiger partial charge < -0.3 is 15.4 Å². The van der Waals surface area contributed by atoms with Gasteiger partial charge in [0.1, 0.15) is 5.75 Å². The van der Waals surface area contributed by atoms with Crippen LogP contribution in [0.25, 0.3) is 0 Å². The number of rotatable bonds is 7. The molecule has 26 heavy (non-hydrogen) atoms. The summed E-state index contributed by atoms with van der Waals surface area (Å²) in [7, 11) is 1.53. The van der Waals surface area contributed by atoms with Crippen LogP contribution in [0.15, 0.2) is 42.5 Å². The van der Waals surface area contributed by atoms with Crippen LogP contribution >= 0.6 is 35.0 Å². The molecule has 0 spiro atoms. The normalized spacial score (nSPS) is 11.5. The summed E-state index contributed by atoms with van der Waals surface area (Å²) in [5, 5.41) is 5.90. The van der Waals surface area contributed by atoms with Gasteiger partial charge >= 0.3 is 0 Å².